The molecule has 1 fully saturated rings. The zero-order valence-corrected chi connectivity index (χ0v) is 26.3. The molecular weight excluding hydrogens is 680 g/mol. The molecular formula is C30H27Br2ClN2O6. The van der Waals surface area contributed by atoms with E-state index < -0.39 is 17.8 Å². The fraction of sp³-hybridized carbons (Fsp3) is 0.233. The SMILES string of the molecule is CCCOc1ccc(CN2C(=O)NC(=O)/C(=C\c3cc(Br)c(OCc4ccccc4Cl)c(Br)c3)C2=O)cc1OCC. The standard InChI is InChI=1S/C30H27Br2ClN2O6/c1-3-11-40-25-10-9-18(15-26(25)39-4-2)16-35-29(37)21(28(36)34-30(35)38)12-19-13-22(31)27(23(32)14-19)41-17-20-7-5-6-8-24(20)33/h5-10,12-15H,3-4,11,16-17H2,1-2H3,(H,34,36,38)/b21-12+. The van der Waals surface area contributed by atoms with Gasteiger partial charge in [-0.15, -0.1) is 0 Å². The van der Waals surface area contributed by atoms with Crippen molar-refractivity contribution in [2.45, 2.75) is 33.4 Å². The van der Waals surface area contributed by atoms with Gasteiger partial charge in [0.25, 0.3) is 11.8 Å². The van der Waals surface area contributed by atoms with Crippen LogP contribution in [-0.2, 0) is 22.7 Å². The molecule has 3 aromatic rings. The number of halogens is 3. The second kappa shape index (κ2) is 14.0. The second-order valence-electron chi connectivity index (χ2n) is 8.96. The van der Waals surface area contributed by atoms with E-state index in [0.29, 0.717) is 55.6 Å². The van der Waals surface area contributed by atoms with E-state index in [0.717, 1.165) is 16.9 Å². The largest absolute Gasteiger partial charge is 0.490 e. The number of carbonyl (C=O) groups is 3. The molecule has 3 aromatic carbocycles. The lowest BCUT2D eigenvalue weighted by molar-refractivity contribution is -0.130. The van der Waals surface area contributed by atoms with E-state index in [1.54, 1.807) is 36.4 Å². The molecule has 0 saturated carbocycles. The molecule has 1 saturated heterocycles. The van der Waals surface area contributed by atoms with Gasteiger partial charge in [-0.1, -0.05) is 42.8 Å². The van der Waals surface area contributed by atoms with Crippen molar-refractivity contribution in [1.82, 2.24) is 10.2 Å². The summed E-state index contributed by atoms with van der Waals surface area (Å²) in [5.74, 6) is 0.134. The van der Waals surface area contributed by atoms with Crippen LogP contribution in [0.15, 0.2) is 69.1 Å². The van der Waals surface area contributed by atoms with Crippen LogP contribution in [-0.4, -0.2) is 36.0 Å². The number of carbonyl (C=O) groups excluding carboxylic acids is 3. The quantitative estimate of drug-likeness (QED) is 0.166. The Morgan fingerprint density at radius 1 is 0.927 bits per heavy atom. The molecule has 8 nitrogen and oxygen atoms in total. The molecule has 4 amide bonds. The summed E-state index contributed by atoms with van der Waals surface area (Å²) in [4.78, 5) is 39.7. The number of amides is 4. The molecule has 41 heavy (non-hydrogen) atoms. The van der Waals surface area contributed by atoms with Crippen LogP contribution in [0.2, 0.25) is 5.02 Å². The molecule has 0 unspecified atom stereocenters. The third kappa shape index (κ3) is 7.49. The number of rotatable bonds is 11. The van der Waals surface area contributed by atoms with Gasteiger partial charge in [-0.05, 0) is 92.7 Å². The highest BCUT2D eigenvalue weighted by Gasteiger charge is 2.36. The van der Waals surface area contributed by atoms with Crippen LogP contribution < -0.4 is 19.5 Å². The van der Waals surface area contributed by atoms with E-state index in [2.05, 4.69) is 37.2 Å². The number of benzene rings is 3. The number of ether oxygens (including phenoxy) is 3. The zero-order chi connectivity index (χ0) is 29.5. The maximum atomic E-state index is 13.4. The van der Waals surface area contributed by atoms with Crippen molar-refractivity contribution in [2.75, 3.05) is 13.2 Å². The molecule has 1 heterocycles. The average molecular weight is 707 g/mol. The highest BCUT2D eigenvalue weighted by molar-refractivity contribution is 9.11. The Labute approximate surface area is 259 Å². The van der Waals surface area contributed by atoms with Gasteiger partial charge in [-0.3, -0.25) is 19.8 Å². The van der Waals surface area contributed by atoms with Crippen LogP contribution >= 0.6 is 43.5 Å². The zero-order valence-electron chi connectivity index (χ0n) is 22.3. The van der Waals surface area contributed by atoms with E-state index in [4.69, 9.17) is 25.8 Å². The molecule has 1 aliphatic heterocycles. The Morgan fingerprint density at radius 2 is 1.66 bits per heavy atom. The van der Waals surface area contributed by atoms with Crippen molar-refractivity contribution in [3.63, 3.8) is 0 Å². The topological polar surface area (TPSA) is 94.2 Å². The Hall–Kier alpha value is -3.34. The van der Waals surface area contributed by atoms with Crippen LogP contribution in [0, 0.1) is 0 Å². The van der Waals surface area contributed by atoms with Crippen molar-refractivity contribution in [3.05, 3.63) is 90.8 Å². The number of barbiturate groups is 1. The Morgan fingerprint density at radius 3 is 2.34 bits per heavy atom. The van der Waals surface area contributed by atoms with Gasteiger partial charge in [0.05, 0.1) is 28.7 Å². The first-order chi connectivity index (χ1) is 19.7. The highest BCUT2D eigenvalue weighted by Crippen LogP contribution is 2.37. The van der Waals surface area contributed by atoms with Gasteiger partial charge >= 0.3 is 6.03 Å². The van der Waals surface area contributed by atoms with Crippen LogP contribution in [0.4, 0.5) is 4.79 Å². The number of nitrogens with zero attached hydrogens (tertiary/aromatic N) is 1. The van der Waals surface area contributed by atoms with Crippen molar-refractivity contribution < 1.29 is 28.6 Å². The van der Waals surface area contributed by atoms with Crippen molar-refractivity contribution in [3.8, 4) is 17.2 Å². The van der Waals surface area contributed by atoms with Gasteiger partial charge in [0, 0.05) is 10.6 Å². The van der Waals surface area contributed by atoms with Gasteiger partial charge < -0.3 is 14.2 Å². The molecule has 0 atom stereocenters. The van der Waals surface area contributed by atoms with Crippen molar-refractivity contribution in [1.29, 1.82) is 0 Å². The third-order valence-electron chi connectivity index (χ3n) is 5.96. The first kappa shape index (κ1) is 30.6. The summed E-state index contributed by atoms with van der Waals surface area (Å²) in [5.41, 5.74) is 1.82. The smallest absolute Gasteiger partial charge is 0.331 e. The predicted octanol–water partition coefficient (Wildman–Crippen LogP) is 7.29. The van der Waals surface area contributed by atoms with Crippen LogP contribution in [0.5, 0.6) is 17.2 Å². The van der Waals surface area contributed by atoms with E-state index in [1.807, 2.05) is 32.0 Å². The molecule has 1 N–H and O–H groups in total. The monoisotopic (exact) mass is 704 g/mol. The van der Waals surface area contributed by atoms with E-state index in [-0.39, 0.29) is 18.7 Å². The van der Waals surface area contributed by atoms with Crippen LogP contribution in [0.1, 0.15) is 37.0 Å². The van der Waals surface area contributed by atoms with Crippen molar-refractivity contribution in [2.24, 2.45) is 0 Å². The minimum atomic E-state index is -0.799. The lowest BCUT2D eigenvalue weighted by Gasteiger charge is -2.26. The molecule has 0 aromatic heterocycles. The Kier molecular flexibility index (Phi) is 10.5. The molecule has 0 aliphatic carbocycles. The van der Waals surface area contributed by atoms with Gasteiger partial charge in [0.2, 0.25) is 0 Å². The summed E-state index contributed by atoms with van der Waals surface area (Å²) >= 11 is 13.2. The summed E-state index contributed by atoms with van der Waals surface area (Å²) in [6, 6.07) is 15.2. The van der Waals surface area contributed by atoms with Crippen LogP contribution in [0.25, 0.3) is 6.08 Å². The maximum absolute atomic E-state index is 13.4. The lowest BCUT2D eigenvalue weighted by atomic mass is 10.1. The summed E-state index contributed by atoms with van der Waals surface area (Å²) in [7, 11) is 0. The van der Waals surface area contributed by atoms with Crippen molar-refractivity contribution >= 4 is 67.4 Å². The fourth-order valence-electron chi connectivity index (χ4n) is 4.00. The van der Waals surface area contributed by atoms with Crippen LogP contribution in [0.3, 0.4) is 0 Å². The maximum Gasteiger partial charge on any atom is 0.331 e. The number of hydrogen-bond acceptors (Lipinski definition) is 6. The molecule has 0 radical (unpaired) electrons. The summed E-state index contributed by atoms with van der Waals surface area (Å²) in [5, 5.41) is 2.85. The minimum absolute atomic E-state index is 0.0639. The molecule has 214 valence electrons. The van der Waals surface area contributed by atoms with E-state index >= 15 is 0 Å². The normalized spacial score (nSPS) is 14.3. The minimum Gasteiger partial charge on any atom is -0.490 e. The highest BCUT2D eigenvalue weighted by atomic mass is 79.9. The molecule has 4 rings (SSSR count). The van der Waals surface area contributed by atoms with E-state index in [9.17, 15) is 14.4 Å². The summed E-state index contributed by atoms with van der Waals surface area (Å²) < 4.78 is 18.6. The Bertz CT molecular complexity index is 1490. The predicted molar refractivity (Wildman–Crippen MR) is 163 cm³/mol. The van der Waals surface area contributed by atoms with Gasteiger partial charge in [-0.25, -0.2) is 4.79 Å². The molecule has 0 spiro atoms. The summed E-state index contributed by atoms with van der Waals surface area (Å²) in [6.07, 6.45) is 2.27. The fourth-order valence-corrected chi connectivity index (χ4v) is 5.64. The first-order valence-corrected chi connectivity index (χ1v) is 14.8. The third-order valence-corrected chi connectivity index (χ3v) is 7.50. The number of urea groups is 1. The Balaban J connectivity index is 1.55. The van der Waals surface area contributed by atoms with Gasteiger partial charge in [0.1, 0.15) is 17.9 Å². The second-order valence-corrected chi connectivity index (χ2v) is 11.1. The number of nitrogens with one attached hydrogen (secondary N) is 1. The van der Waals surface area contributed by atoms with Gasteiger partial charge in [-0.2, -0.15) is 0 Å². The first-order valence-electron chi connectivity index (χ1n) is 12.8. The molecule has 0 bridgehead atoms. The number of hydrogen-bond donors (Lipinski definition) is 1. The number of imide groups is 2. The average Bonchev–Trinajstić information content (AvgIpc) is 2.93. The molecule has 1 aliphatic rings. The molecule has 11 heteroatoms. The van der Waals surface area contributed by atoms with E-state index in [1.165, 1.54) is 6.08 Å². The lowest BCUT2D eigenvalue weighted by Crippen LogP contribution is -2.53. The summed E-state index contributed by atoms with van der Waals surface area (Å²) in [6.45, 7) is 4.99. The van der Waals surface area contributed by atoms with Gasteiger partial charge in [0.15, 0.2) is 11.5 Å².